The molecule has 1 fully saturated rings. The molecule has 3 heterocycles. The summed E-state index contributed by atoms with van der Waals surface area (Å²) in [6.45, 7) is 3.96. The van der Waals surface area contributed by atoms with Crippen molar-refractivity contribution in [1.29, 1.82) is 0 Å². The van der Waals surface area contributed by atoms with E-state index in [1.807, 2.05) is 44.2 Å². The lowest BCUT2D eigenvalue weighted by Crippen LogP contribution is -2.50. The molecule has 8 heteroatoms. The van der Waals surface area contributed by atoms with Crippen LogP contribution in [0.2, 0.25) is 0 Å². The smallest absolute Gasteiger partial charge is 0.270 e. The van der Waals surface area contributed by atoms with Crippen LogP contribution < -0.4 is 10.6 Å². The Morgan fingerprint density at radius 3 is 2.59 bits per heavy atom. The number of carbonyl (C=O) groups is 3. The van der Waals surface area contributed by atoms with Gasteiger partial charge >= 0.3 is 0 Å². The van der Waals surface area contributed by atoms with E-state index in [1.165, 1.54) is 0 Å². The molecule has 2 aromatic rings. The molecule has 0 saturated heterocycles. The first-order valence-electron chi connectivity index (χ1n) is 13.4. The highest BCUT2D eigenvalue weighted by atomic mass is 16.2. The molecule has 0 bridgehead atoms. The molecule has 37 heavy (non-hydrogen) atoms. The zero-order valence-corrected chi connectivity index (χ0v) is 21.5. The summed E-state index contributed by atoms with van der Waals surface area (Å²) in [4.78, 5) is 50.5. The number of nitrogens with zero attached hydrogens (tertiary/aromatic N) is 3. The number of carbonyl (C=O) groups excluding carboxylic acids is 3. The maximum absolute atomic E-state index is 13.3. The van der Waals surface area contributed by atoms with E-state index in [0.29, 0.717) is 30.1 Å². The van der Waals surface area contributed by atoms with Crippen molar-refractivity contribution in [2.45, 2.75) is 76.3 Å². The van der Waals surface area contributed by atoms with Crippen LogP contribution in [0.3, 0.4) is 0 Å². The molecule has 2 spiro atoms. The zero-order valence-electron chi connectivity index (χ0n) is 21.5. The Morgan fingerprint density at radius 2 is 1.84 bits per heavy atom. The number of hydrogen-bond acceptors (Lipinski definition) is 5. The number of aromatic nitrogens is 1. The van der Waals surface area contributed by atoms with Crippen LogP contribution in [-0.2, 0) is 32.6 Å². The SMILES string of the molecule is CC(C)C1=NC2(CCCCCC2)N(CC(=O)Nc2ccc3c(c2)C[C@@]2(C3)C(=O)Nc3ncccc32)C1=O. The molecule has 8 nitrogen and oxygen atoms in total. The third kappa shape index (κ3) is 3.85. The summed E-state index contributed by atoms with van der Waals surface area (Å²) in [6, 6.07) is 9.68. The maximum Gasteiger partial charge on any atom is 0.270 e. The number of amides is 3. The van der Waals surface area contributed by atoms with Crippen LogP contribution in [0.4, 0.5) is 11.5 Å². The lowest BCUT2D eigenvalue weighted by atomic mass is 9.79. The average Bonchev–Trinajstić information content (AvgIpc) is 3.38. The van der Waals surface area contributed by atoms with Gasteiger partial charge in [-0.05, 0) is 67.9 Å². The molecule has 1 aromatic carbocycles. The van der Waals surface area contributed by atoms with E-state index < -0.39 is 11.1 Å². The molecule has 6 rings (SSSR count). The van der Waals surface area contributed by atoms with Crippen LogP contribution in [0.15, 0.2) is 41.5 Å². The normalized spacial score (nSPS) is 23.8. The zero-order chi connectivity index (χ0) is 25.8. The highest BCUT2D eigenvalue weighted by molar-refractivity contribution is 6.41. The molecule has 2 aliphatic heterocycles. The lowest BCUT2D eigenvalue weighted by molar-refractivity contribution is -0.133. The van der Waals surface area contributed by atoms with Crippen molar-refractivity contribution in [3.8, 4) is 0 Å². The van der Waals surface area contributed by atoms with Gasteiger partial charge in [0.15, 0.2) is 0 Å². The fourth-order valence-electron chi connectivity index (χ4n) is 6.62. The predicted molar refractivity (Wildman–Crippen MR) is 141 cm³/mol. The molecule has 1 atom stereocenters. The third-order valence-corrected chi connectivity index (χ3v) is 8.51. The molecule has 3 amide bonds. The van der Waals surface area contributed by atoms with Gasteiger partial charge in [-0.25, -0.2) is 4.98 Å². The topological polar surface area (TPSA) is 104 Å². The molecule has 4 aliphatic rings. The monoisotopic (exact) mass is 499 g/mol. The van der Waals surface area contributed by atoms with E-state index in [9.17, 15) is 14.4 Å². The second-order valence-electron chi connectivity index (χ2n) is 11.3. The van der Waals surface area contributed by atoms with E-state index in [-0.39, 0.29) is 30.2 Å². The van der Waals surface area contributed by atoms with E-state index >= 15 is 0 Å². The first kappa shape index (κ1) is 23.8. The quantitative estimate of drug-likeness (QED) is 0.664. The third-order valence-electron chi connectivity index (χ3n) is 8.51. The minimum Gasteiger partial charge on any atom is -0.325 e. The highest BCUT2D eigenvalue weighted by Gasteiger charge is 2.51. The van der Waals surface area contributed by atoms with Crippen molar-refractivity contribution in [3.05, 3.63) is 53.2 Å². The second-order valence-corrected chi connectivity index (χ2v) is 11.3. The number of hydrogen-bond donors (Lipinski definition) is 2. The number of nitrogens with one attached hydrogen (secondary N) is 2. The van der Waals surface area contributed by atoms with Crippen molar-refractivity contribution in [3.63, 3.8) is 0 Å². The van der Waals surface area contributed by atoms with Crippen molar-refractivity contribution >= 4 is 34.9 Å². The van der Waals surface area contributed by atoms with Crippen LogP contribution in [0, 0.1) is 5.92 Å². The maximum atomic E-state index is 13.3. The first-order chi connectivity index (χ1) is 17.8. The molecule has 1 saturated carbocycles. The summed E-state index contributed by atoms with van der Waals surface area (Å²) >= 11 is 0. The minimum absolute atomic E-state index is 0.0129. The summed E-state index contributed by atoms with van der Waals surface area (Å²) < 4.78 is 0. The summed E-state index contributed by atoms with van der Waals surface area (Å²) in [5.74, 6) is 0.308. The van der Waals surface area contributed by atoms with Gasteiger partial charge in [0.2, 0.25) is 11.8 Å². The van der Waals surface area contributed by atoms with E-state index in [2.05, 4.69) is 15.6 Å². The van der Waals surface area contributed by atoms with E-state index in [1.54, 1.807) is 11.1 Å². The van der Waals surface area contributed by atoms with E-state index in [0.717, 1.165) is 55.2 Å². The largest absolute Gasteiger partial charge is 0.325 e. The van der Waals surface area contributed by atoms with E-state index in [4.69, 9.17) is 4.99 Å². The lowest BCUT2D eigenvalue weighted by Gasteiger charge is -2.35. The molecule has 1 aromatic heterocycles. The van der Waals surface area contributed by atoms with Crippen LogP contribution in [0.25, 0.3) is 0 Å². The molecule has 192 valence electrons. The van der Waals surface area contributed by atoms with Gasteiger partial charge in [-0.15, -0.1) is 0 Å². The minimum atomic E-state index is -0.646. The summed E-state index contributed by atoms with van der Waals surface area (Å²) in [5.41, 5.74) is 3.11. The van der Waals surface area contributed by atoms with Crippen molar-refractivity contribution in [2.24, 2.45) is 10.9 Å². The first-order valence-corrected chi connectivity index (χ1v) is 13.4. The van der Waals surface area contributed by atoms with Gasteiger partial charge in [0.05, 0.1) is 5.41 Å². The molecule has 2 N–H and O–H groups in total. The number of fused-ring (bicyclic) bond motifs is 3. The van der Waals surface area contributed by atoms with Gasteiger partial charge in [0.1, 0.15) is 23.7 Å². The number of anilines is 2. The van der Waals surface area contributed by atoms with Gasteiger partial charge < -0.3 is 15.5 Å². The number of pyridine rings is 1. The van der Waals surface area contributed by atoms with Crippen LogP contribution >= 0.6 is 0 Å². The Morgan fingerprint density at radius 1 is 1.08 bits per heavy atom. The Balaban J connectivity index is 1.20. The highest BCUT2D eigenvalue weighted by Crippen LogP contribution is 2.47. The van der Waals surface area contributed by atoms with Gasteiger partial charge in [0.25, 0.3) is 5.91 Å². The Bertz CT molecular complexity index is 1320. The summed E-state index contributed by atoms with van der Waals surface area (Å²) in [6.07, 6.45) is 8.78. The van der Waals surface area contributed by atoms with Gasteiger partial charge in [-0.1, -0.05) is 38.8 Å². The Hall–Kier alpha value is -3.55. The fourth-order valence-corrected chi connectivity index (χ4v) is 6.62. The standard InChI is InChI=1S/C29H33N5O3/c1-18(2)24-26(36)34(29(33-24)11-5-3-4-6-12-29)17-23(35)31-21-10-9-19-15-28(16-20(19)14-21)22-8-7-13-30-25(22)32-27(28)37/h7-10,13-14,18H,3-6,11-12,15-17H2,1-2H3,(H,31,35)(H,30,32,37)/t28-/m1/s1. The van der Waals surface area contributed by atoms with Crippen LogP contribution in [0.5, 0.6) is 0 Å². The summed E-state index contributed by atoms with van der Waals surface area (Å²) in [7, 11) is 0. The molecule has 0 radical (unpaired) electrons. The van der Waals surface area contributed by atoms with Gasteiger partial charge in [-0.3, -0.25) is 19.4 Å². The number of rotatable bonds is 4. The second kappa shape index (κ2) is 8.78. The number of benzene rings is 1. The van der Waals surface area contributed by atoms with Crippen molar-refractivity contribution in [1.82, 2.24) is 9.88 Å². The molecular weight excluding hydrogens is 466 g/mol. The summed E-state index contributed by atoms with van der Waals surface area (Å²) in [5, 5.41) is 5.95. The average molecular weight is 500 g/mol. The number of aliphatic imine (C=N–C) groups is 1. The fraction of sp³-hybridized carbons (Fsp3) is 0.483. The van der Waals surface area contributed by atoms with Crippen LogP contribution in [0.1, 0.15) is 69.1 Å². The molecule has 2 aliphatic carbocycles. The van der Waals surface area contributed by atoms with Gasteiger partial charge in [-0.2, -0.15) is 0 Å². The molecular formula is C29H33N5O3. The Labute approximate surface area is 216 Å². The van der Waals surface area contributed by atoms with Crippen LogP contribution in [-0.4, -0.2) is 45.5 Å². The van der Waals surface area contributed by atoms with Gasteiger partial charge in [0, 0.05) is 23.4 Å². The van der Waals surface area contributed by atoms with Crippen molar-refractivity contribution < 1.29 is 14.4 Å². The Kier molecular flexibility index (Phi) is 5.66. The molecule has 0 unspecified atom stereocenters. The predicted octanol–water partition coefficient (Wildman–Crippen LogP) is 4.00. The van der Waals surface area contributed by atoms with Crippen molar-refractivity contribution in [2.75, 3.05) is 17.2 Å².